The van der Waals surface area contributed by atoms with E-state index in [1.165, 1.54) is 12.0 Å². The third-order valence-electron chi connectivity index (χ3n) is 3.62. The first kappa shape index (κ1) is 17.2. The van der Waals surface area contributed by atoms with Crippen LogP contribution in [0.5, 0.6) is 0 Å². The largest absolute Gasteiger partial charge is 0.480 e. The van der Waals surface area contributed by atoms with Gasteiger partial charge in [-0.05, 0) is 5.92 Å². The lowest BCUT2D eigenvalue weighted by Crippen LogP contribution is -2.59. The minimum Gasteiger partial charge on any atom is -0.480 e. The van der Waals surface area contributed by atoms with Crippen LogP contribution in [-0.2, 0) is 19.1 Å². The van der Waals surface area contributed by atoms with E-state index in [9.17, 15) is 19.5 Å². The summed E-state index contributed by atoms with van der Waals surface area (Å²) in [5.74, 6) is -1.90. The van der Waals surface area contributed by atoms with Gasteiger partial charge in [0.2, 0.25) is 0 Å². The Morgan fingerprint density at radius 2 is 2.14 bits per heavy atom. The number of morpholine rings is 1. The van der Waals surface area contributed by atoms with Gasteiger partial charge in [0.15, 0.2) is 6.04 Å². The molecule has 2 amide bonds. The van der Waals surface area contributed by atoms with E-state index in [0.717, 1.165) is 0 Å². The summed E-state index contributed by atoms with van der Waals surface area (Å²) in [4.78, 5) is 36.4. The molecule has 0 aliphatic carbocycles. The molecule has 0 aromatic rings. The highest BCUT2D eigenvalue weighted by atomic mass is 16.5. The predicted molar refractivity (Wildman–Crippen MR) is 72.7 cm³/mol. The van der Waals surface area contributed by atoms with E-state index in [1.807, 2.05) is 6.92 Å². The number of carbonyl (C=O) groups is 3. The van der Waals surface area contributed by atoms with E-state index in [-0.39, 0.29) is 19.1 Å². The van der Waals surface area contributed by atoms with Crippen LogP contribution in [0.1, 0.15) is 20.3 Å². The smallest absolute Gasteiger partial charge is 0.331 e. The molecule has 21 heavy (non-hydrogen) atoms. The molecule has 1 saturated heterocycles. The molecule has 0 spiro atoms. The van der Waals surface area contributed by atoms with Gasteiger partial charge in [0.25, 0.3) is 0 Å². The highest BCUT2D eigenvalue weighted by Crippen LogP contribution is 2.12. The molecule has 1 fully saturated rings. The number of carboxylic acids is 1. The molecule has 0 aromatic heterocycles. The van der Waals surface area contributed by atoms with Crippen molar-refractivity contribution in [3.05, 3.63) is 0 Å². The van der Waals surface area contributed by atoms with Crippen molar-refractivity contribution in [2.45, 2.75) is 32.4 Å². The molecular weight excluding hydrogens is 280 g/mol. The van der Waals surface area contributed by atoms with Crippen molar-refractivity contribution in [2.75, 3.05) is 26.9 Å². The maximum atomic E-state index is 12.3. The Morgan fingerprint density at radius 1 is 1.48 bits per heavy atom. The molecular formula is C13H22N2O6. The summed E-state index contributed by atoms with van der Waals surface area (Å²) in [6, 6.07) is -2.44. The molecule has 8 nitrogen and oxygen atoms in total. The van der Waals surface area contributed by atoms with Crippen molar-refractivity contribution < 1.29 is 29.0 Å². The summed E-state index contributed by atoms with van der Waals surface area (Å²) >= 11 is 0. The predicted octanol–water partition coefficient (Wildman–Crippen LogP) is 0.0691. The molecule has 0 saturated carbocycles. The van der Waals surface area contributed by atoms with E-state index in [1.54, 1.807) is 6.92 Å². The molecule has 1 aliphatic heterocycles. The maximum Gasteiger partial charge on any atom is 0.331 e. The van der Waals surface area contributed by atoms with Crippen LogP contribution in [-0.4, -0.2) is 66.9 Å². The Morgan fingerprint density at radius 3 is 2.67 bits per heavy atom. The van der Waals surface area contributed by atoms with Crippen LogP contribution in [0.2, 0.25) is 0 Å². The van der Waals surface area contributed by atoms with Gasteiger partial charge in [-0.15, -0.1) is 0 Å². The fraction of sp³-hybridized carbons (Fsp3) is 0.769. The number of esters is 1. The highest BCUT2D eigenvalue weighted by Gasteiger charge is 2.36. The topological polar surface area (TPSA) is 105 Å². The lowest BCUT2D eigenvalue weighted by Gasteiger charge is -2.34. The summed E-state index contributed by atoms with van der Waals surface area (Å²) in [5, 5.41) is 11.7. The zero-order chi connectivity index (χ0) is 16.0. The van der Waals surface area contributed by atoms with Crippen molar-refractivity contribution in [1.29, 1.82) is 0 Å². The summed E-state index contributed by atoms with van der Waals surface area (Å²) in [5.41, 5.74) is 0. The second kappa shape index (κ2) is 7.82. The van der Waals surface area contributed by atoms with E-state index in [4.69, 9.17) is 4.74 Å². The number of urea groups is 1. The van der Waals surface area contributed by atoms with E-state index >= 15 is 0 Å². The number of carboxylic acid groups (broad SMARTS) is 1. The van der Waals surface area contributed by atoms with E-state index in [0.29, 0.717) is 13.0 Å². The molecule has 0 radical (unpaired) electrons. The fourth-order valence-electron chi connectivity index (χ4n) is 2.08. The minimum absolute atomic E-state index is 0.0428. The van der Waals surface area contributed by atoms with Crippen molar-refractivity contribution in [3.63, 3.8) is 0 Å². The number of nitrogens with zero attached hydrogens (tertiary/aromatic N) is 1. The van der Waals surface area contributed by atoms with Crippen LogP contribution in [0.25, 0.3) is 0 Å². The summed E-state index contributed by atoms with van der Waals surface area (Å²) in [6.45, 7) is 4.14. The van der Waals surface area contributed by atoms with Crippen LogP contribution in [0.3, 0.4) is 0 Å². The van der Waals surface area contributed by atoms with Gasteiger partial charge < -0.3 is 24.8 Å². The molecule has 0 aromatic carbocycles. The van der Waals surface area contributed by atoms with Crippen LogP contribution in [0.15, 0.2) is 0 Å². The van der Waals surface area contributed by atoms with Crippen molar-refractivity contribution >= 4 is 18.0 Å². The van der Waals surface area contributed by atoms with Gasteiger partial charge in [-0.3, -0.25) is 0 Å². The zero-order valence-corrected chi connectivity index (χ0v) is 12.5. The first-order valence-electron chi connectivity index (χ1n) is 6.87. The standard InChI is InChI=1S/C13H22N2O6/c1-4-8(2)10(11(16)17)14-13(19)15-5-6-21-7-9(15)12(18)20-3/h8-10H,4-7H2,1-3H3,(H,14,19)(H,16,17)/t8-,9?,10-/m0/s1. The Hall–Kier alpha value is -1.83. The number of methoxy groups -OCH3 is 1. The Balaban J connectivity index is 2.79. The van der Waals surface area contributed by atoms with Crippen molar-refractivity contribution in [1.82, 2.24) is 10.2 Å². The third-order valence-corrected chi connectivity index (χ3v) is 3.62. The number of aliphatic carboxylic acids is 1. The zero-order valence-electron chi connectivity index (χ0n) is 12.5. The number of hydrogen-bond acceptors (Lipinski definition) is 5. The number of nitrogens with one attached hydrogen (secondary N) is 1. The normalized spacial score (nSPS) is 21.3. The van der Waals surface area contributed by atoms with Crippen LogP contribution in [0.4, 0.5) is 4.79 Å². The van der Waals surface area contributed by atoms with Crippen LogP contribution >= 0.6 is 0 Å². The summed E-state index contributed by atoms with van der Waals surface area (Å²) in [7, 11) is 1.23. The lowest BCUT2D eigenvalue weighted by molar-refractivity contribution is -0.151. The fourth-order valence-corrected chi connectivity index (χ4v) is 2.08. The van der Waals surface area contributed by atoms with Crippen LogP contribution < -0.4 is 5.32 Å². The van der Waals surface area contributed by atoms with Crippen molar-refractivity contribution in [2.24, 2.45) is 5.92 Å². The molecule has 3 atom stereocenters. The molecule has 1 heterocycles. The maximum absolute atomic E-state index is 12.3. The Labute approximate surface area is 123 Å². The van der Waals surface area contributed by atoms with Gasteiger partial charge in [0.05, 0.1) is 20.3 Å². The first-order chi connectivity index (χ1) is 9.92. The Kier molecular flexibility index (Phi) is 6.41. The number of carbonyl (C=O) groups excluding carboxylic acids is 2. The Bertz CT molecular complexity index is 400. The lowest BCUT2D eigenvalue weighted by atomic mass is 9.99. The van der Waals surface area contributed by atoms with Gasteiger partial charge in [-0.25, -0.2) is 14.4 Å². The molecule has 2 N–H and O–H groups in total. The monoisotopic (exact) mass is 302 g/mol. The van der Waals surface area contributed by atoms with Gasteiger partial charge in [0, 0.05) is 6.54 Å². The van der Waals surface area contributed by atoms with Crippen LogP contribution in [0, 0.1) is 5.92 Å². The molecule has 0 bridgehead atoms. The SMILES string of the molecule is CC[C@H](C)[C@H](NC(=O)N1CCOCC1C(=O)OC)C(=O)O. The molecule has 8 heteroatoms. The second-order valence-corrected chi connectivity index (χ2v) is 4.96. The average Bonchev–Trinajstić information content (AvgIpc) is 2.50. The molecule has 1 rings (SSSR count). The minimum atomic E-state index is -1.10. The number of hydrogen-bond donors (Lipinski definition) is 2. The van der Waals surface area contributed by atoms with Crippen molar-refractivity contribution in [3.8, 4) is 0 Å². The van der Waals surface area contributed by atoms with Gasteiger partial charge >= 0.3 is 18.0 Å². The third kappa shape index (κ3) is 4.32. The first-order valence-corrected chi connectivity index (χ1v) is 6.87. The van der Waals surface area contributed by atoms with Gasteiger partial charge in [0.1, 0.15) is 6.04 Å². The average molecular weight is 302 g/mol. The summed E-state index contributed by atoms with van der Waals surface area (Å²) < 4.78 is 9.80. The number of rotatable bonds is 5. The quantitative estimate of drug-likeness (QED) is 0.696. The van der Waals surface area contributed by atoms with Gasteiger partial charge in [-0.1, -0.05) is 20.3 Å². The highest BCUT2D eigenvalue weighted by molar-refractivity contribution is 5.87. The molecule has 120 valence electrons. The number of amides is 2. The molecule has 1 aliphatic rings. The van der Waals surface area contributed by atoms with E-state index in [2.05, 4.69) is 10.1 Å². The second-order valence-electron chi connectivity index (χ2n) is 4.96. The summed E-state index contributed by atoms with van der Waals surface area (Å²) in [6.07, 6.45) is 0.612. The van der Waals surface area contributed by atoms with Gasteiger partial charge in [-0.2, -0.15) is 0 Å². The van der Waals surface area contributed by atoms with E-state index < -0.39 is 30.1 Å². The molecule has 1 unspecified atom stereocenters. The number of ether oxygens (including phenoxy) is 2.